The van der Waals surface area contributed by atoms with Gasteiger partial charge in [-0.2, -0.15) is 9.28 Å². The number of imide groups is 1. The Kier molecular flexibility index (Phi) is 6.38. The Morgan fingerprint density at radius 1 is 1.26 bits per heavy atom. The summed E-state index contributed by atoms with van der Waals surface area (Å²) >= 11 is 0. The molecular weight excluding hydrogens is 372 g/mol. The van der Waals surface area contributed by atoms with E-state index in [0.29, 0.717) is 18.4 Å². The third-order valence-corrected chi connectivity index (χ3v) is 6.36. The molecule has 9 heteroatoms. The molecule has 0 aliphatic carbocycles. The van der Waals surface area contributed by atoms with Gasteiger partial charge in [0.25, 0.3) is 0 Å². The Morgan fingerprint density at radius 2 is 1.89 bits per heavy atom. The van der Waals surface area contributed by atoms with Crippen LogP contribution in [0.1, 0.15) is 32.3 Å². The second kappa shape index (κ2) is 8.18. The fraction of sp³-hybridized carbons (Fsp3) is 0.500. The van der Waals surface area contributed by atoms with Gasteiger partial charge >= 0.3 is 17.2 Å². The summed E-state index contributed by atoms with van der Waals surface area (Å²) in [6.07, 6.45) is 0.626. The maximum Gasteiger partial charge on any atom is 0.523 e. The number of likely N-dealkylation sites (tertiary alicyclic amines) is 1. The lowest BCUT2D eigenvalue weighted by Crippen LogP contribution is -2.64. The molecule has 3 atom stereocenters. The second-order valence-electron chi connectivity index (χ2n) is 6.79. The van der Waals surface area contributed by atoms with Crippen molar-refractivity contribution in [2.75, 3.05) is 13.7 Å². The van der Waals surface area contributed by atoms with Crippen LogP contribution in [0, 0.1) is 0 Å². The van der Waals surface area contributed by atoms with Gasteiger partial charge in [0.05, 0.1) is 19.4 Å². The first kappa shape index (κ1) is 21.0. The number of carbonyl (C=O) groups excluding carboxylic acids is 3. The molecule has 3 amide bonds. The maximum atomic E-state index is 13.0. The van der Waals surface area contributed by atoms with Crippen LogP contribution in [-0.4, -0.2) is 55.9 Å². The molecule has 1 heterocycles. The number of methoxy groups -OCH3 is 1. The lowest BCUT2D eigenvalue weighted by Gasteiger charge is -2.33. The highest BCUT2D eigenvalue weighted by Gasteiger charge is 2.55. The molecule has 0 bridgehead atoms. The Labute approximate surface area is 159 Å². The first-order valence-corrected chi connectivity index (χ1v) is 10.4. The van der Waals surface area contributed by atoms with Crippen LogP contribution in [0.3, 0.4) is 0 Å². The quantitative estimate of drug-likeness (QED) is 0.779. The van der Waals surface area contributed by atoms with Crippen LogP contribution in [0.5, 0.6) is 0 Å². The van der Waals surface area contributed by atoms with Crippen LogP contribution in [0.4, 0.5) is 9.59 Å². The van der Waals surface area contributed by atoms with E-state index in [1.807, 2.05) is 0 Å². The average molecular weight is 397 g/mol. The van der Waals surface area contributed by atoms with Crippen LogP contribution in [0.2, 0.25) is 0 Å². The van der Waals surface area contributed by atoms with Gasteiger partial charge < -0.3 is 10.1 Å². The van der Waals surface area contributed by atoms with Gasteiger partial charge in [-0.3, -0.25) is 4.79 Å². The zero-order valence-electron chi connectivity index (χ0n) is 15.7. The number of nitrogens with one attached hydrogen (secondary N) is 1. The van der Waals surface area contributed by atoms with Gasteiger partial charge in [0, 0.05) is 12.8 Å². The summed E-state index contributed by atoms with van der Waals surface area (Å²) in [7, 11) is -2.95. The maximum absolute atomic E-state index is 13.0. The molecule has 1 aromatic rings. The number of sulfone groups is 1. The SMILES string of the molecule is COC(=O)[N+]1(C(=O)[C@@H](C)NC(=O)S(=O)(=O)Cc2ccccc2)CCC[C@H]1C. The fourth-order valence-corrected chi connectivity index (χ4v) is 4.58. The normalized spacial score (nSPS) is 23.4. The predicted octanol–water partition coefficient (Wildman–Crippen LogP) is 1.99. The highest BCUT2D eigenvalue weighted by atomic mass is 32.2. The molecule has 0 spiro atoms. The smallest absolute Gasteiger partial charge is 0.423 e. The number of hydrogen-bond acceptors (Lipinski definition) is 6. The molecule has 1 saturated heterocycles. The molecular formula is C18H25N2O6S+. The summed E-state index contributed by atoms with van der Waals surface area (Å²) < 4.78 is 28.9. The zero-order chi connectivity index (χ0) is 20.2. The van der Waals surface area contributed by atoms with Gasteiger partial charge in [-0.05, 0) is 19.4 Å². The summed E-state index contributed by atoms with van der Waals surface area (Å²) in [4.78, 5) is 37.5. The first-order valence-electron chi connectivity index (χ1n) is 8.73. The minimum absolute atomic E-state index is 0.268. The van der Waals surface area contributed by atoms with Gasteiger partial charge in [-0.25, -0.2) is 13.2 Å². The van der Waals surface area contributed by atoms with Crippen molar-refractivity contribution in [3.63, 3.8) is 0 Å². The topological polar surface area (TPSA) is 107 Å². The van der Waals surface area contributed by atoms with E-state index in [0.717, 1.165) is 0 Å². The number of carbonyl (C=O) groups is 3. The molecule has 148 valence electrons. The van der Waals surface area contributed by atoms with Gasteiger partial charge in [0.15, 0.2) is 0 Å². The Bertz CT molecular complexity index is 824. The summed E-state index contributed by atoms with van der Waals surface area (Å²) in [5.74, 6) is -1.04. The van der Waals surface area contributed by atoms with E-state index < -0.39 is 43.4 Å². The first-order chi connectivity index (χ1) is 12.6. The molecule has 0 aromatic heterocycles. The van der Waals surface area contributed by atoms with E-state index in [2.05, 4.69) is 5.32 Å². The molecule has 1 aromatic carbocycles. The lowest BCUT2D eigenvalue weighted by molar-refractivity contribution is -0.793. The average Bonchev–Trinajstić information content (AvgIpc) is 3.03. The largest absolute Gasteiger partial charge is 0.523 e. The summed E-state index contributed by atoms with van der Waals surface area (Å²) in [6, 6.07) is 6.84. The fourth-order valence-electron chi connectivity index (χ4n) is 3.46. The van der Waals surface area contributed by atoms with Crippen molar-refractivity contribution in [1.29, 1.82) is 0 Å². The molecule has 2 rings (SSSR count). The Balaban J connectivity index is 2.15. The molecule has 1 fully saturated rings. The summed E-state index contributed by atoms with van der Waals surface area (Å²) in [5.41, 5.74) is 0.470. The molecule has 8 nitrogen and oxygen atoms in total. The Hall–Kier alpha value is -2.26. The highest BCUT2D eigenvalue weighted by molar-refractivity contribution is 8.05. The zero-order valence-corrected chi connectivity index (χ0v) is 16.5. The summed E-state index contributed by atoms with van der Waals surface area (Å²) in [5, 5.41) is 1.01. The van der Waals surface area contributed by atoms with Crippen molar-refractivity contribution in [2.45, 2.75) is 44.5 Å². The lowest BCUT2D eigenvalue weighted by atomic mass is 10.2. The van der Waals surface area contributed by atoms with Gasteiger partial charge in [-0.15, -0.1) is 0 Å². The monoisotopic (exact) mass is 397 g/mol. The number of quaternary nitrogens is 1. The van der Waals surface area contributed by atoms with Crippen LogP contribution in [0.15, 0.2) is 30.3 Å². The second-order valence-corrected chi connectivity index (χ2v) is 8.68. The van der Waals surface area contributed by atoms with Crippen LogP contribution in [-0.2, 0) is 25.1 Å². The van der Waals surface area contributed by atoms with E-state index in [1.54, 1.807) is 37.3 Å². The third kappa shape index (κ3) is 4.19. The predicted molar refractivity (Wildman–Crippen MR) is 98.3 cm³/mol. The van der Waals surface area contributed by atoms with Gasteiger partial charge in [0.1, 0.15) is 12.1 Å². The van der Waals surface area contributed by atoms with E-state index in [-0.39, 0.29) is 12.6 Å². The third-order valence-electron chi connectivity index (χ3n) is 4.97. The molecule has 27 heavy (non-hydrogen) atoms. The van der Waals surface area contributed by atoms with Crippen LogP contribution >= 0.6 is 0 Å². The number of rotatable bonds is 4. The van der Waals surface area contributed by atoms with Crippen LogP contribution < -0.4 is 5.32 Å². The molecule has 1 unspecified atom stereocenters. The number of hydrogen-bond donors (Lipinski definition) is 1. The highest BCUT2D eigenvalue weighted by Crippen LogP contribution is 2.29. The van der Waals surface area contributed by atoms with Crippen LogP contribution in [0.25, 0.3) is 0 Å². The Morgan fingerprint density at radius 3 is 2.41 bits per heavy atom. The standard InChI is InChI=1S/C18H24N2O6S/c1-13-8-7-11-20(13,18(23)26-3)16(21)14(2)19-17(22)27(24,25)12-15-9-5-4-6-10-15/h4-6,9-10,13-14H,7-8,11-12H2,1-3H3/p+1/t13-,14-,20?/m1/s1. The molecule has 0 saturated carbocycles. The summed E-state index contributed by atoms with van der Waals surface area (Å²) in [6.45, 7) is 3.42. The molecule has 0 radical (unpaired) electrons. The van der Waals surface area contributed by atoms with Crippen molar-refractivity contribution in [3.8, 4) is 0 Å². The molecule has 1 N–H and O–H groups in total. The number of ether oxygens (including phenoxy) is 1. The van der Waals surface area contributed by atoms with Gasteiger partial charge in [0.2, 0.25) is 9.84 Å². The van der Waals surface area contributed by atoms with Crippen molar-refractivity contribution >= 4 is 27.1 Å². The minimum atomic E-state index is -4.15. The van der Waals surface area contributed by atoms with Crippen molar-refractivity contribution in [1.82, 2.24) is 5.32 Å². The molecule has 1 aliphatic rings. The van der Waals surface area contributed by atoms with E-state index in [9.17, 15) is 22.8 Å². The van der Waals surface area contributed by atoms with E-state index in [1.165, 1.54) is 14.0 Å². The minimum Gasteiger partial charge on any atom is -0.423 e. The number of amides is 3. The van der Waals surface area contributed by atoms with Crippen molar-refractivity contribution in [3.05, 3.63) is 35.9 Å². The van der Waals surface area contributed by atoms with Crippen molar-refractivity contribution < 1.29 is 32.0 Å². The van der Waals surface area contributed by atoms with Gasteiger partial charge in [-0.1, -0.05) is 30.3 Å². The van der Waals surface area contributed by atoms with E-state index in [4.69, 9.17) is 4.74 Å². The van der Waals surface area contributed by atoms with Crippen molar-refractivity contribution in [2.24, 2.45) is 0 Å². The molecule has 1 aliphatic heterocycles. The number of benzene rings is 1. The number of nitrogens with zero attached hydrogens (tertiary/aromatic N) is 1. The van der Waals surface area contributed by atoms with E-state index >= 15 is 0 Å².